The molecule has 0 N–H and O–H groups in total. The fourth-order valence-electron chi connectivity index (χ4n) is 3.30. The summed E-state index contributed by atoms with van der Waals surface area (Å²) < 4.78 is 25.2. The second-order valence-corrected chi connectivity index (χ2v) is 8.33. The summed E-state index contributed by atoms with van der Waals surface area (Å²) in [6.07, 6.45) is 0. The fraction of sp³-hybridized carbons (Fsp3) is 0.192. The van der Waals surface area contributed by atoms with Gasteiger partial charge in [-0.05, 0) is 40.8 Å². The van der Waals surface area contributed by atoms with Crippen LogP contribution in [0.3, 0.4) is 0 Å². The predicted octanol–water partition coefficient (Wildman–Crippen LogP) is 6.48. The van der Waals surface area contributed by atoms with Crippen LogP contribution in [0.15, 0.2) is 82.0 Å². The topological polar surface area (TPSA) is 39.4 Å². The molecule has 1 aromatic heterocycles. The molecule has 0 saturated carbocycles. The zero-order chi connectivity index (χ0) is 21.3. The second-order valence-electron chi connectivity index (χ2n) is 8.33. The third-order valence-corrected chi connectivity index (χ3v) is 5.07. The van der Waals surface area contributed by atoms with Gasteiger partial charge in [0.25, 0.3) is 0 Å². The van der Waals surface area contributed by atoms with Gasteiger partial charge in [-0.15, -0.1) is 0 Å². The summed E-state index contributed by atoms with van der Waals surface area (Å²) in [5, 5.41) is 0.460. The molecule has 4 aromatic rings. The van der Waals surface area contributed by atoms with Gasteiger partial charge in [-0.25, -0.2) is 4.39 Å². The first-order valence-electron chi connectivity index (χ1n) is 9.87. The Kier molecular flexibility index (Phi) is 5.17. The molecule has 1 heterocycles. The molecule has 152 valence electrons. The lowest BCUT2D eigenvalue weighted by atomic mass is 9.86. The Morgan fingerprint density at radius 2 is 1.57 bits per heavy atom. The van der Waals surface area contributed by atoms with Crippen LogP contribution in [0.2, 0.25) is 0 Å². The molecule has 0 unspecified atom stereocenters. The van der Waals surface area contributed by atoms with E-state index in [0.29, 0.717) is 16.7 Å². The molecule has 3 aromatic carbocycles. The zero-order valence-electron chi connectivity index (χ0n) is 17.2. The summed E-state index contributed by atoms with van der Waals surface area (Å²) in [5.41, 5.74) is 3.01. The van der Waals surface area contributed by atoms with Crippen molar-refractivity contribution in [2.45, 2.75) is 32.8 Å². The standard InChI is InChI=1S/C26H23FO3/c1-26(2,3)19-12-10-18(11-13-19)24-25(29-16-17-8-14-20(27)15-9-17)23(28)21-6-4-5-7-22(21)30-24/h4-15H,16H2,1-3H3. The van der Waals surface area contributed by atoms with E-state index in [2.05, 4.69) is 20.8 Å². The van der Waals surface area contributed by atoms with Crippen LogP contribution >= 0.6 is 0 Å². The largest absolute Gasteiger partial charge is 0.481 e. The van der Waals surface area contributed by atoms with Crippen LogP contribution in [0.1, 0.15) is 31.9 Å². The molecule has 30 heavy (non-hydrogen) atoms. The Labute approximate surface area is 174 Å². The third kappa shape index (κ3) is 3.99. The smallest absolute Gasteiger partial charge is 0.235 e. The molecule has 0 fully saturated rings. The van der Waals surface area contributed by atoms with E-state index in [-0.39, 0.29) is 29.0 Å². The van der Waals surface area contributed by atoms with Crippen LogP contribution in [-0.4, -0.2) is 0 Å². The number of halogens is 1. The Hall–Kier alpha value is -3.40. The van der Waals surface area contributed by atoms with Gasteiger partial charge in [0.2, 0.25) is 11.2 Å². The Balaban J connectivity index is 1.80. The van der Waals surface area contributed by atoms with E-state index >= 15 is 0 Å². The van der Waals surface area contributed by atoms with E-state index in [1.54, 1.807) is 30.3 Å². The zero-order valence-corrected chi connectivity index (χ0v) is 17.2. The average Bonchev–Trinajstić information content (AvgIpc) is 2.74. The molecule has 0 bridgehead atoms. The molecule has 0 aliphatic heterocycles. The van der Waals surface area contributed by atoms with Crippen molar-refractivity contribution in [3.8, 4) is 17.1 Å². The van der Waals surface area contributed by atoms with Crippen LogP contribution in [0.5, 0.6) is 5.75 Å². The van der Waals surface area contributed by atoms with E-state index in [9.17, 15) is 9.18 Å². The number of hydrogen-bond donors (Lipinski definition) is 0. The van der Waals surface area contributed by atoms with Crippen molar-refractivity contribution in [2.75, 3.05) is 0 Å². The van der Waals surface area contributed by atoms with Crippen molar-refractivity contribution in [3.05, 3.63) is 100.0 Å². The van der Waals surface area contributed by atoms with Crippen LogP contribution < -0.4 is 10.2 Å². The van der Waals surface area contributed by atoms with Gasteiger partial charge in [-0.2, -0.15) is 0 Å². The van der Waals surface area contributed by atoms with E-state index in [1.165, 1.54) is 17.7 Å². The van der Waals surface area contributed by atoms with Gasteiger partial charge in [-0.1, -0.05) is 69.3 Å². The highest BCUT2D eigenvalue weighted by Gasteiger charge is 2.19. The number of benzene rings is 3. The maximum atomic E-state index is 13.2. The van der Waals surface area contributed by atoms with Gasteiger partial charge in [0, 0.05) is 5.56 Å². The fourth-order valence-corrected chi connectivity index (χ4v) is 3.30. The average molecular weight is 402 g/mol. The van der Waals surface area contributed by atoms with Crippen LogP contribution in [0.25, 0.3) is 22.3 Å². The van der Waals surface area contributed by atoms with Crippen molar-refractivity contribution in [3.63, 3.8) is 0 Å². The third-order valence-electron chi connectivity index (χ3n) is 5.07. The van der Waals surface area contributed by atoms with Crippen molar-refractivity contribution >= 4 is 11.0 Å². The van der Waals surface area contributed by atoms with E-state index in [4.69, 9.17) is 9.15 Å². The number of ether oxygens (including phenoxy) is 1. The molecule has 0 aliphatic carbocycles. The monoisotopic (exact) mass is 402 g/mol. The quantitative estimate of drug-likeness (QED) is 0.392. The Morgan fingerprint density at radius 3 is 2.23 bits per heavy atom. The summed E-state index contributed by atoms with van der Waals surface area (Å²) in [6.45, 7) is 6.58. The lowest BCUT2D eigenvalue weighted by Crippen LogP contribution is -2.11. The first-order chi connectivity index (χ1) is 14.3. The van der Waals surface area contributed by atoms with Gasteiger partial charge in [0.15, 0.2) is 5.76 Å². The minimum Gasteiger partial charge on any atom is -0.481 e. The molecular formula is C26H23FO3. The summed E-state index contributed by atoms with van der Waals surface area (Å²) in [6, 6.07) is 21.1. The lowest BCUT2D eigenvalue weighted by Gasteiger charge is -2.19. The highest BCUT2D eigenvalue weighted by Crippen LogP contribution is 2.33. The van der Waals surface area contributed by atoms with Gasteiger partial charge in [0.05, 0.1) is 5.39 Å². The Morgan fingerprint density at radius 1 is 0.900 bits per heavy atom. The maximum absolute atomic E-state index is 13.2. The predicted molar refractivity (Wildman–Crippen MR) is 117 cm³/mol. The van der Waals surface area contributed by atoms with E-state index in [0.717, 1.165) is 11.1 Å². The number of rotatable bonds is 4. The first-order valence-corrected chi connectivity index (χ1v) is 9.87. The van der Waals surface area contributed by atoms with Crippen molar-refractivity contribution in [1.82, 2.24) is 0 Å². The summed E-state index contributed by atoms with van der Waals surface area (Å²) in [7, 11) is 0. The number of fused-ring (bicyclic) bond motifs is 1. The van der Waals surface area contributed by atoms with Crippen molar-refractivity contribution < 1.29 is 13.5 Å². The van der Waals surface area contributed by atoms with Crippen LogP contribution in [-0.2, 0) is 12.0 Å². The van der Waals surface area contributed by atoms with Crippen molar-refractivity contribution in [2.24, 2.45) is 0 Å². The summed E-state index contributed by atoms with van der Waals surface area (Å²) >= 11 is 0. The molecule has 0 aliphatic rings. The normalized spacial score (nSPS) is 11.6. The van der Waals surface area contributed by atoms with Crippen LogP contribution in [0.4, 0.5) is 4.39 Å². The molecule has 4 rings (SSSR count). The highest BCUT2D eigenvalue weighted by molar-refractivity contribution is 5.81. The van der Waals surface area contributed by atoms with Gasteiger partial charge >= 0.3 is 0 Å². The minimum absolute atomic E-state index is 0.0185. The maximum Gasteiger partial charge on any atom is 0.235 e. The number of hydrogen-bond acceptors (Lipinski definition) is 3. The lowest BCUT2D eigenvalue weighted by molar-refractivity contribution is 0.297. The second kappa shape index (κ2) is 7.79. The SMILES string of the molecule is CC(C)(C)c1ccc(-c2oc3ccccc3c(=O)c2OCc2ccc(F)cc2)cc1. The first kappa shape index (κ1) is 19.9. The molecule has 0 saturated heterocycles. The summed E-state index contributed by atoms with van der Waals surface area (Å²) in [5.74, 6) is 0.228. The van der Waals surface area contributed by atoms with Gasteiger partial charge in [0.1, 0.15) is 18.0 Å². The molecular weight excluding hydrogens is 379 g/mol. The van der Waals surface area contributed by atoms with Gasteiger partial charge < -0.3 is 9.15 Å². The number of para-hydroxylation sites is 1. The van der Waals surface area contributed by atoms with Crippen LogP contribution in [0, 0.1) is 5.82 Å². The van der Waals surface area contributed by atoms with Crippen molar-refractivity contribution in [1.29, 1.82) is 0 Å². The van der Waals surface area contributed by atoms with Gasteiger partial charge in [-0.3, -0.25) is 4.79 Å². The highest BCUT2D eigenvalue weighted by atomic mass is 19.1. The molecule has 0 amide bonds. The molecule has 4 heteroatoms. The van der Waals surface area contributed by atoms with E-state index < -0.39 is 0 Å². The molecule has 0 atom stereocenters. The summed E-state index contributed by atoms with van der Waals surface area (Å²) in [4.78, 5) is 13.2. The molecule has 0 radical (unpaired) electrons. The molecule has 3 nitrogen and oxygen atoms in total. The van der Waals surface area contributed by atoms with E-state index in [1.807, 2.05) is 30.3 Å². The minimum atomic E-state index is -0.316. The Bertz CT molecular complexity index is 1230. The molecule has 0 spiro atoms.